The van der Waals surface area contributed by atoms with E-state index >= 15 is 0 Å². The van der Waals surface area contributed by atoms with Crippen molar-refractivity contribution in [3.63, 3.8) is 0 Å². The molecule has 1 unspecified atom stereocenters. The van der Waals surface area contributed by atoms with E-state index < -0.39 is 0 Å². The average Bonchev–Trinajstić information content (AvgIpc) is 3.34. The molecule has 0 saturated carbocycles. The molecule has 9 nitrogen and oxygen atoms in total. The van der Waals surface area contributed by atoms with Crippen molar-refractivity contribution in [1.82, 2.24) is 29.5 Å². The number of rotatable bonds is 5. The molecule has 4 heterocycles. The van der Waals surface area contributed by atoms with Crippen molar-refractivity contribution in [2.24, 2.45) is 7.05 Å². The SMILES string of the molecule is CC1COCCN1c1cccc(Cn2ncc3cnc(Nc4cnn(C)c4)nc32)c1. The molecule has 1 saturated heterocycles. The number of hydrogen-bond acceptors (Lipinski definition) is 7. The Morgan fingerprint density at radius 1 is 1.20 bits per heavy atom. The lowest BCUT2D eigenvalue weighted by atomic mass is 10.1. The van der Waals surface area contributed by atoms with Crippen molar-refractivity contribution >= 4 is 28.4 Å². The summed E-state index contributed by atoms with van der Waals surface area (Å²) in [5, 5.41) is 12.8. The minimum Gasteiger partial charge on any atom is -0.377 e. The van der Waals surface area contributed by atoms with E-state index in [4.69, 9.17) is 4.74 Å². The number of nitrogens with one attached hydrogen (secondary N) is 1. The van der Waals surface area contributed by atoms with E-state index in [-0.39, 0.29) is 0 Å². The third-order valence-corrected chi connectivity index (χ3v) is 5.28. The van der Waals surface area contributed by atoms with Gasteiger partial charge in [-0.2, -0.15) is 15.2 Å². The normalized spacial score (nSPS) is 16.9. The van der Waals surface area contributed by atoms with Gasteiger partial charge in [-0.3, -0.25) is 4.68 Å². The van der Waals surface area contributed by atoms with Crippen LogP contribution in [0.2, 0.25) is 0 Å². The molecule has 0 bridgehead atoms. The Balaban J connectivity index is 1.40. The molecule has 9 heteroatoms. The summed E-state index contributed by atoms with van der Waals surface area (Å²) >= 11 is 0. The third kappa shape index (κ3) is 3.71. The van der Waals surface area contributed by atoms with Crippen molar-refractivity contribution in [2.75, 3.05) is 30.0 Å². The lowest BCUT2D eigenvalue weighted by Gasteiger charge is -2.35. The Hall–Kier alpha value is -3.46. The molecule has 0 amide bonds. The maximum atomic E-state index is 5.57. The first-order valence-electron chi connectivity index (χ1n) is 10.0. The van der Waals surface area contributed by atoms with Crippen molar-refractivity contribution in [2.45, 2.75) is 19.5 Å². The van der Waals surface area contributed by atoms with E-state index in [1.807, 2.05) is 17.9 Å². The van der Waals surface area contributed by atoms with Gasteiger partial charge in [-0.1, -0.05) is 12.1 Å². The molecule has 4 aromatic rings. The summed E-state index contributed by atoms with van der Waals surface area (Å²) in [5.41, 5.74) is 4.03. The molecular weight excluding hydrogens is 380 g/mol. The lowest BCUT2D eigenvalue weighted by Crippen LogP contribution is -2.43. The highest BCUT2D eigenvalue weighted by atomic mass is 16.5. The molecule has 0 spiro atoms. The van der Waals surface area contributed by atoms with Gasteiger partial charge in [0.25, 0.3) is 0 Å². The van der Waals surface area contributed by atoms with Gasteiger partial charge in [0.15, 0.2) is 5.65 Å². The van der Waals surface area contributed by atoms with Crippen molar-refractivity contribution in [3.8, 4) is 0 Å². The number of aryl methyl sites for hydroxylation is 1. The van der Waals surface area contributed by atoms with E-state index in [1.165, 1.54) is 11.3 Å². The molecule has 1 fully saturated rings. The highest BCUT2D eigenvalue weighted by molar-refractivity contribution is 5.75. The molecular formula is C21H24N8O. The van der Waals surface area contributed by atoms with Crippen LogP contribution in [0.1, 0.15) is 12.5 Å². The zero-order valence-electron chi connectivity index (χ0n) is 17.1. The van der Waals surface area contributed by atoms with Crippen LogP contribution in [-0.2, 0) is 18.3 Å². The molecule has 154 valence electrons. The van der Waals surface area contributed by atoms with Crippen LogP contribution in [0.15, 0.2) is 49.1 Å². The van der Waals surface area contributed by atoms with Crippen LogP contribution in [0, 0.1) is 0 Å². The summed E-state index contributed by atoms with van der Waals surface area (Å²) in [5.74, 6) is 0.521. The van der Waals surface area contributed by atoms with E-state index in [9.17, 15) is 0 Å². The predicted molar refractivity (Wildman–Crippen MR) is 115 cm³/mol. The molecule has 1 N–H and O–H groups in total. The summed E-state index contributed by atoms with van der Waals surface area (Å²) < 4.78 is 9.21. The van der Waals surface area contributed by atoms with Crippen LogP contribution in [0.5, 0.6) is 0 Å². The zero-order valence-corrected chi connectivity index (χ0v) is 17.1. The van der Waals surface area contributed by atoms with Gasteiger partial charge >= 0.3 is 0 Å². The fourth-order valence-electron chi connectivity index (χ4n) is 3.77. The van der Waals surface area contributed by atoms with Gasteiger partial charge < -0.3 is 15.0 Å². The number of ether oxygens (including phenoxy) is 1. The molecule has 30 heavy (non-hydrogen) atoms. The fourth-order valence-corrected chi connectivity index (χ4v) is 3.77. The summed E-state index contributed by atoms with van der Waals surface area (Å²) in [4.78, 5) is 11.5. The first-order valence-corrected chi connectivity index (χ1v) is 10.0. The topological polar surface area (TPSA) is 85.9 Å². The van der Waals surface area contributed by atoms with Crippen molar-refractivity contribution in [3.05, 3.63) is 54.6 Å². The van der Waals surface area contributed by atoms with E-state index in [2.05, 4.69) is 61.6 Å². The van der Waals surface area contributed by atoms with Gasteiger partial charge in [-0.25, -0.2) is 9.67 Å². The number of morpholine rings is 1. The minimum absolute atomic E-state index is 0.369. The van der Waals surface area contributed by atoms with Gasteiger partial charge in [0.05, 0.1) is 43.2 Å². The van der Waals surface area contributed by atoms with Gasteiger partial charge in [0.1, 0.15) is 0 Å². The molecule has 3 aromatic heterocycles. The van der Waals surface area contributed by atoms with Crippen LogP contribution in [0.4, 0.5) is 17.3 Å². The zero-order chi connectivity index (χ0) is 20.5. The molecule has 0 radical (unpaired) electrons. The Kier molecular flexibility index (Phi) is 4.80. The number of aromatic nitrogens is 6. The summed E-state index contributed by atoms with van der Waals surface area (Å²) in [7, 11) is 1.87. The lowest BCUT2D eigenvalue weighted by molar-refractivity contribution is 0.0989. The van der Waals surface area contributed by atoms with E-state index in [0.29, 0.717) is 18.5 Å². The largest absolute Gasteiger partial charge is 0.377 e. The van der Waals surface area contributed by atoms with Crippen LogP contribution in [0.25, 0.3) is 11.0 Å². The molecule has 1 aliphatic heterocycles. The van der Waals surface area contributed by atoms with Crippen LogP contribution in [-0.4, -0.2) is 55.3 Å². The highest BCUT2D eigenvalue weighted by Gasteiger charge is 2.19. The second-order valence-corrected chi connectivity index (χ2v) is 7.59. The number of hydrogen-bond donors (Lipinski definition) is 1. The number of fused-ring (bicyclic) bond motifs is 1. The molecule has 1 atom stereocenters. The summed E-state index contributed by atoms with van der Waals surface area (Å²) in [6.45, 7) is 5.27. The minimum atomic E-state index is 0.369. The average molecular weight is 404 g/mol. The number of benzene rings is 1. The fraction of sp³-hybridized carbons (Fsp3) is 0.333. The van der Waals surface area contributed by atoms with Crippen LogP contribution < -0.4 is 10.2 Å². The van der Waals surface area contributed by atoms with Gasteiger partial charge in [0, 0.05) is 37.7 Å². The van der Waals surface area contributed by atoms with E-state index in [0.717, 1.165) is 36.5 Å². The predicted octanol–water partition coefficient (Wildman–Crippen LogP) is 2.58. The molecule has 1 aliphatic rings. The standard InChI is InChI=1S/C21H24N8O/c1-15-14-30-7-6-28(15)19-5-3-4-16(8-19)12-29-20-17(10-24-29)9-22-21(26-20)25-18-11-23-27(2)13-18/h3-5,8-11,13,15H,6-7,12,14H2,1-2H3,(H,22,25,26). The first-order chi connectivity index (χ1) is 14.7. The first kappa shape index (κ1) is 18.6. The Labute approximate surface area is 174 Å². The number of anilines is 3. The highest BCUT2D eigenvalue weighted by Crippen LogP contribution is 2.22. The smallest absolute Gasteiger partial charge is 0.229 e. The Morgan fingerprint density at radius 3 is 2.97 bits per heavy atom. The molecule has 5 rings (SSSR count). The van der Waals surface area contributed by atoms with Crippen molar-refractivity contribution < 1.29 is 4.74 Å². The Bertz CT molecular complexity index is 1170. The third-order valence-electron chi connectivity index (χ3n) is 5.28. The second-order valence-electron chi connectivity index (χ2n) is 7.59. The van der Waals surface area contributed by atoms with Gasteiger partial charge in [0.2, 0.25) is 5.95 Å². The molecule has 0 aliphatic carbocycles. The van der Waals surface area contributed by atoms with Crippen molar-refractivity contribution in [1.29, 1.82) is 0 Å². The molecule has 1 aromatic carbocycles. The Morgan fingerprint density at radius 2 is 2.13 bits per heavy atom. The van der Waals surface area contributed by atoms with Gasteiger partial charge in [-0.05, 0) is 24.6 Å². The maximum absolute atomic E-state index is 5.57. The monoisotopic (exact) mass is 404 g/mol. The second kappa shape index (κ2) is 7.75. The maximum Gasteiger partial charge on any atom is 0.229 e. The van der Waals surface area contributed by atoms with Gasteiger partial charge in [-0.15, -0.1) is 0 Å². The summed E-state index contributed by atoms with van der Waals surface area (Å²) in [6.07, 6.45) is 7.21. The number of nitrogens with zero attached hydrogens (tertiary/aromatic N) is 7. The van der Waals surface area contributed by atoms with E-state index in [1.54, 1.807) is 23.3 Å². The van der Waals surface area contributed by atoms with Crippen LogP contribution in [0.3, 0.4) is 0 Å². The summed E-state index contributed by atoms with van der Waals surface area (Å²) in [6, 6.07) is 8.98. The van der Waals surface area contributed by atoms with Crippen LogP contribution >= 0.6 is 0 Å². The quantitative estimate of drug-likeness (QED) is 0.547.